The van der Waals surface area contributed by atoms with Crippen molar-refractivity contribution in [3.8, 4) is 0 Å². The summed E-state index contributed by atoms with van der Waals surface area (Å²) < 4.78 is 38.0. The van der Waals surface area contributed by atoms with E-state index in [0.717, 1.165) is 0 Å². The largest absolute Gasteiger partial charge is 0.466 e. The molecule has 0 radical (unpaired) electrons. The standard InChI is InChI=1S/C22H25NO6S/c1-4-28-19(24)14-22(21(25)29-5-2)17-11-7-6-10-16(17)15(3)20(22)30(26,27)18-12-8-9-13-23-18/h6-13,15,20H,4-5,14H2,1-3H3/t15-,20+,22-/m0/s1. The first-order chi connectivity index (χ1) is 14.3. The summed E-state index contributed by atoms with van der Waals surface area (Å²) in [5.41, 5.74) is -0.554. The molecule has 0 N–H and O–H groups in total. The highest BCUT2D eigenvalue weighted by atomic mass is 32.2. The molecule has 2 aromatic rings. The quantitative estimate of drug-likeness (QED) is 0.622. The van der Waals surface area contributed by atoms with Crippen molar-refractivity contribution >= 4 is 21.8 Å². The van der Waals surface area contributed by atoms with Gasteiger partial charge in [-0.3, -0.25) is 9.59 Å². The third-order valence-corrected chi connectivity index (χ3v) is 7.81. The highest BCUT2D eigenvalue weighted by Gasteiger charge is 2.63. The maximum atomic E-state index is 13.8. The fraction of sp³-hybridized carbons (Fsp3) is 0.409. The van der Waals surface area contributed by atoms with E-state index >= 15 is 0 Å². The minimum absolute atomic E-state index is 0.0519. The SMILES string of the molecule is CCOC(=O)C[C@]1(C(=O)OCC)c2ccccc2[C@H](C)[C@H]1S(=O)(=O)c1ccccn1. The van der Waals surface area contributed by atoms with Crippen molar-refractivity contribution in [2.45, 2.75) is 48.8 Å². The molecular formula is C22H25NO6S. The maximum Gasteiger partial charge on any atom is 0.318 e. The van der Waals surface area contributed by atoms with Gasteiger partial charge in [-0.05, 0) is 37.1 Å². The number of nitrogens with zero attached hydrogens (tertiary/aromatic N) is 1. The summed E-state index contributed by atoms with van der Waals surface area (Å²) in [5, 5.41) is -1.41. The number of esters is 2. The summed E-state index contributed by atoms with van der Waals surface area (Å²) in [4.78, 5) is 30.0. The molecule has 30 heavy (non-hydrogen) atoms. The Hall–Kier alpha value is -2.74. The van der Waals surface area contributed by atoms with Gasteiger partial charge in [0.25, 0.3) is 0 Å². The molecular weight excluding hydrogens is 406 g/mol. The van der Waals surface area contributed by atoms with Crippen LogP contribution in [0.5, 0.6) is 0 Å². The van der Waals surface area contributed by atoms with E-state index in [2.05, 4.69) is 4.98 Å². The molecule has 160 valence electrons. The van der Waals surface area contributed by atoms with Gasteiger partial charge in [0.1, 0.15) is 5.41 Å². The van der Waals surface area contributed by atoms with Crippen LogP contribution < -0.4 is 0 Å². The molecule has 1 aliphatic carbocycles. The second kappa shape index (κ2) is 8.55. The topological polar surface area (TPSA) is 99.6 Å². The summed E-state index contributed by atoms with van der Waals surface area (Å²) in [6.45, 7) is 5.21. The van der Waals surface area contributed by atoms with Gasteiger partial charge in [-0.15, -0.1) is 0 Å². The first kappa shape index (κ1) is 22.0. The number of benzene rings is 1. The number of carbonyl (C=O) groups excluding carboxylic acids is 2. The Morgan fingerprint density at radius 1 is 1.03 bits per heavy atom. The molecule has 0 unspecified atom stereocenters. The Labute approximate surface area is 176 Å². The van der Waals surface area contributed by atoms with Crippen molar-refractivity contribution in [2.24, 2.45) is 0 Å². The lowest BCUT2D eigenvalue weighted by molar-refractivity contribution is -0.157. The predicted molar refractivity (Wildman–Crippen MR) is 110 cm³/mol. The van der Waals surface area contributed by atoms with Crippen LogP contribution in [0.1, 0.15) is 44.2 Å². The number of ether oxygens (including phenoxy) is 2. The lowest BCUT2D eigenvalue weighted by atomic mass is 9.77. The molecule has 1 aliphatic rings. The Kier molecular flexibility index (Phi) is 6.26. The first-order valence-electron chi connectivity index (χ1n) is 9.87. The average Bonchev–Trinajstić information content (AvgIpc) is 2.99. The van der Waals surface area contributed by atoms with Gasteiger partial charge in [-0.1, -0.05) is 37.3 Å². The molecule has 0 bridgehead atoms. The smallest absolute Gasteiger partial charge is 0.318 e. The Morgan fingerprint density at radius 3 is 2.33 bits per heavy atom. The maximum absolute atomic E-state index is 13.8. The van der Waals surface area contributed by atoms with Crippen molar-refractivity contribution in [3.63, 3.8) is 0 Å². The number of sulfone groups is 1. The first-order valence-corrected chi connectivity index (χ1v) is 11.4. The second-order valence-electron chi connectivity index (χ2n) is 7.18. The zero-order chi connectivity index (χ0) is 21.9. The predicted octanol–water partition coefficient (Wildman–Crippen LogP) is 2.80. The summed E-state index contributed by atoms with van der Waals surface area (Å²) in [7, 11) is -4.11. The normalized spacial score (nSPS) is 22.9. The second-order valence-corrected chi connectivity index (χ2v) is 9.20. The van der Waals surface area contributed by atoms with Crippen LogP contribution in [-0.2, 0) is 34.3 Å². The van der Waals surface area contributed by atoms with Crippen LogP contribution in [0.4, 0.5) is 0 Å². The fourth-order valence-electron chi connectivity index (χ4n) is 4.42. The van der Waals surface area contributed by atoms with Crippen LogP contribution in [0.2, 0.25) is 0 Å². The number of hydrogen-bond acceptors (Lipinski definition) is 7. The highest BCUT2D eigenvalue weighted by Crippen LogP contribution is 2.53. The minimum atomic E-state index is -4.11. The van der Waals surface area contributed by atoms with Crippen molar-refractivity contribution in [1.82, 2.24) is 4.98 Å². The highest BCUT2D eigenvalue weighted by molar-refractivity contribution is 7.92. The Balaban J connectivity index is 2.30. The zero-order valence-corrected chi connectivity index (χ0v) is 18.0. The molecule has 0 aliphatic heterocycles. The van der Waals surface area contributed by atoms with Gasteiger partial charge < -0.3 is 9.47 Å². The molecule has 0 saturated heterocycles. The summed E-state index contributed by atoms with van der Waals surface area (Å²) >= 11 is 0. The summed E-state index contributed by atoms with van der Waals surface area (Å²) in [6, 6.07) is 11.6. The lowest BCUT2D eigenvalue weighted by Crippen LogP contribution is -2.51. The van der Waals surface area contributed by atoms with E-state index in [9.17, 15) is 18.0 Å². The van der Waals surface area contributed by atoms with E-state index in [1.807, 2.05) is 0 Å². The number of hydrogen-bond donors (Lipinski definition) is 0. The fourth-order valence-corrected chi connectivity index (χ4v) is 6.67. The van der Waals surface area contributed by atoms with Gasteiger partial charge in [0.2, 0.25) is 9.84 Å². The van der Waals surface area contributed by atoms with Crippen molar-refractivity contribution < 1.29 is 27.5 Å². The molecule has 1 heterocycles. The number of carbonyl (C=O) groups is 2. The molecule has 7 nitrogen and oxygen atoms in total. The van der Waals surface area contributed by atoms with Gasteiger partial charge in [0, 0.05) is 12.1 Å². The van der Waals surface area contributed by atoms with Crippen LogP contribution in [0.15, 0.2) is 53.7 Å². The minimum Gasteiger partial charge on any atom is -0.466 e. The zero-order valence-electron chi connectivity index (χ0n) is 17.2. The molecule has 0 spiro atoms. The van der Waals surface area contributed by atoms with E-state index < -0.39 is 44.8 Å². The number of pyridine rings is 1. The van der Waals surface area contributed by atoms with Crippen molar-refractivity contribution in [3.05, 3.63) is 59.8 Å². The molecule has 1 aromatic carbocycles. The van der Waals surface area contributed by atoms with E-state index in [1.165, 1.54) is 12.3 Å². The van der Waals surface area contributed by atoms with Crippen molar-refractivity contribution in [1.29, 1.82) is 0 Å². The van der Waals surface area contributed by atoms with Crippen LogP contribution in [-0.4, -0.2) is 43.8 Å². The number of aromatic nitrogens is 1. The van der Waals surface area contributed by atoms with Gasteiger partial charge in [0.15, 0.2) is 5.03 Å². The molecule has 0 saturated carbocycles. The van der Waals surface area contributed by atoms with E-state index in [4.69, 9.17) is 9.47 Å². The van der Waals surface area contributed by atoms with E-state index in [-0.39, 0.29) is 18.2 Å². The van der Waals surface area contributed by atoms with Crippen LogP contribution in [0, 0.1) is 0 Å². The number of fused-ring (bicyclic) bond motifs is 1. The molecule has 3 atom stereocenters. The third-order valence-electron chi connectivity index (χ3n) is 5.50. The van der Waals surface area contributed by atoms with Gasteiger partial charge in [-0.2, -0.15) is 0 Å². The molecule has 0 fully saturated rings. The van der Waals surface area contributed by atoms with Crippen molar-refractivity contribution in [2.75, 3.05) is 13.2 Å². The van der Waals surface area contributed by atoms with Crippen LogP contribution >= 0.6 is 0 Å². The Bertz CT molecular complexity index is 1040. The van der Waals surface area contributed by atoms with Crippen LogP contribution in [0.25, 0.3) is 0 Å². The molecule has 3 rings (SSSR count). The average molecular weight is 432 g/mol. The molecule has 1 aromatic heterocycles. The van der Waals surface area contributed by atoms with Gasteiger partial charge in [0.05, 0.1) is 24.9 Å². The van der Waals surface area contributed by atoms with Crippen LogP contribution in [0.3, 0.4) is 0 Å². The lowest BCUT2D eigenvalue weighted by Gasteiger charge is -2.34. The monoisotopic (exact) mass is 431 g/mol. The summed E-state index contributed by atoms with van der Waals surface area (Å²) in [6.07, 6.45) is 0.953. The van der Waals surface area contributed by atoms with Gasteiger partial charge >= 0.3 is 11.9 Å². The molecule has 0 amide bonds. The third kappa shape index (κ3) is 3.49. The van der Waals surface area contributed by atoms with Gasteiger partial charge in [-0.25, -0.2) is 13.4 Å². The molecule has 8 heteroatoms. The van der Waals surface area contributed by atoms with E-state index in [1.54, 1.807) is 57.2 Å². The number of rotatable bonds is 7. The Morgan fingerprint density at radius 2 is 1.70 bits per heavy atom. The van der Waals surface area contributed by atoms with E-state index in [0.29, 0.717) is 11.1 Å². The summed E-state index contributed by atoms with van der Waals surface area (Å²) in [5.74, 6) is -1.97.